The van der Waals surface area contributed by atoms with E-state index >= 15 is 0 Å². The molecule has 0 saturated carbocycles. The van der Waals surface area contributed by atoms with Crippen molar-refractivity contribution in [2.45, 2.75) is 30.7 Å². The van der Waals surface area contributed by atoms with E-state index in [0.29, 0.717) is 22.4 Å². The predicted molar refractivity (Wildman–Crippen MR) is 135 cm³/mol. The van der Waals surface area contributed by atoms with Gasteiger partial charge in [0.15, 0.2) is 12.2 Å². The van der Waals surface area contributed by atoms with E-state index in [1.165, 1.54) is 11.8 Å². The number of thioether (sulfide) groups is 1. The first-order valence-corrected chi connectivity index (χ1v) is 12.6. The second-order valence-electron chi connectivity index (χ2n) is 7.93. The fraction of sp³-hybridized carbons (Fsp3) is 0.250. The average Bonchev–Trinajstić information content (AvgIpc) is 3.24. The second-order valence-corrected chi connectivity index (χ2v) is 9.31. The third-order valence-corrected chi connectivity index (χ3v) is 6.53. The Morgan fingerprint density at radius 3 is 1.61 bits per heavy atom. The number of benzene rings is 3. The third-order valence-electron chi connectivity index (χ3n) is 5.49. The van der Waals surface area contributed by atoms with E-state index < -0.39 is 41.7 Å². The van der Waals surface area contributed by atoms with Crippen LogP contribution in [0.3, 0.4) is 0 Å². The minimum Gasteiger partial charge on any atom is -0.459 e. The summed E-state index contributed by atoms with van der Waals surface area (Å²) in [6.07, 6.45) is -2.73. The van der Waals surface area contributed by atoms with E-state index in [1.807, 2.05) is 6.92 Å². The molecule has 0 amide bonds. The molecular formula is C28H26O7S. The third kappa shape index (κ3) is 6.33. The van der Waals surface area contributed by atoms with Crippen molar-refractivity contribution in [1.29, 1.82) is 0 Å². The number of carbonyl (C=O) groups excluding carboxylic acids is 3. The zero-order valence-corrected chi connectivity index (χ0v) is 20.5. The molecule has 0 radical (unpaired) electrons. The van der Waals surface area contributed by atoms with Crippen molar-refractivity contribution in [3.63, 3.8) is 0 Å². The summed E-state index contributed by atoms with van der Waals surface area (Å²) in [6, 6.07) is 25.6. The molecule has 3 aromatic rings. The summed E-state index contributed by atoms with van der Waals surface area (Å²) >= 11 is 1.41. The maximum Gasteiger partial charge on any atom is 0.338 e. The van der Waals surface area contributed by atoms with E-state index in [2.05, 4.69) is 0 Å². The summed E-state index contributed by atoms with van der Waals surface area (Å²) in [5.74, 6) is -1.02. The van der Waals surface area contributed by atoms with Gasteiger partial charge in [-0.05, 0) is 42.2 Å². The van der Waals surface area contributed by atoms with Crippen LogP contribution in [0.2, 0.25) is 0 Å². The standard InChI is InChI=1S/C28H26O7S/c1-2-36-28-24(35-27(31)21-16-10-5-11-17-21)23(34-26(30)20-14-8-4-9-15-20)22(33-28)18-32-25(29)19-12-6-3-7-13-19/h3-17,22-24,28H,2,18H2,1H3/t22-,23+,24+,28+/m0/s1. The van der Waals surface area contributed by atoms with Crippen LogP contribution in [0.1, 0.15) is 38.0 Å². The van der Waals surface area contributed by atoms with Crippen LogP contribution in [0.15, 0.2) is 91.0 Å². The molecular weight excluding hydrogens is 480 g/mol. The summed E-state index contributed by atoms with van der Waals surface area (Å²) in [4.78, 5) is 38.4. The van der Waals surface area contributed by atoms with Gasteiger partial charge < -0.3 is 18.9 Å². The number of carbonyl (C=O) groups is 3. The number of hydrogen-bond donors (Lipinski definition) is 0. The van der Waals surface area contributed by atoms with Crippen LogP contribution in [0, 0.1) is 0 Å². The first kappa shape index (κ1) is 25.5. The smallest absolute Gasteiger partial charge is 0.338 e. The number of esters is 3. The SMILES string of the molecule is CCS[C@H]1O[C@@H](COC(=O)c2ccccc2)[C@@H](OC(=O)c2ccccc2)[C@H]1OC(=O)c1ccccc1. The van der Waals surface area contributed by atoms with Gasteiger partial charge >= 0.3 is 17.9 Å². The highest BCUT2D eigenvalue weighted by Crippen LogP contribution is 2.34. The molecule has 0 spiro atoms. The van der Waals surface area contributed by atoms with Crippen LogP contribution >= 0.6 is 11.8 Å². The molecule has 3 aromatic carbocycles. The molecule has 0 bridgehead atoms. The van der Waals surface area contributed by atoms with Gasteiger partial charge in [0, 0.05) is 0 Å². The van der Waals surface area contributed by atoms with Gasteiger partial charge in [-0.3, -0.25) is 0 Å². The molecule has 0 aliphatic carbocycles. The average molecular weight is 507 g/mol. The normalized spacial score (nSPS) is 20.9. The summed E-state index contributed by atoms with van der Waals surface area (Å²) < 4.78 is 23.3. The van der Waals surface area contributed by atoms with Crippen LogP contribution in [-0.2, 0) is 18.9 Å². The number of ether oxygens (including phenoxy) is 4. The lowest BCUT2D eigenvalue weighted by atomic mass is 10.1. The summed E-state index contributed by atoms with van der Waals surface area (Å²) in [6.45, 7) is 1.76. The van der Waals surface area contributed by atoms with E-state index in [1.54, 1.807) is 91.0 Å². The van der Waals surface area contributed by atoms with Crippen molar-refractivity contribution in [1.82, 2.24) is 0 Å². The van der Waals surface area contributed by atoms with Gasteiger partial charge in [-0.2, -0.15) is 0 Å². The lowest BCUT2D eigenvalue weighted by Crippen LogP contribution is -2.41. The minimum atomic E-state index is -0.988. The topological polar surface area (TPSA) is 88.1 Å². The Bertz CT molecular complexity index is 1150. The first-order valence-electron chi connectivity index (χ1n) is 11.6. The highest BCUT2D eigenvalue weighted by atomic mass is 32.2. The molecule has 1 fully saturated rings. The van der Waals surface area contributed by atoms with Crippen molar-refractivity contribution >= 4 is 29.7 Å². The van der Waals surface area contributed by atoms with Crippen LogP contribution in [0.25, 0.3) is 0 Å². The molecule has 4 rings (SSSR count). The fourth-order valence-corrected chi connectivity index (χ4v) is 4.69. The van der Waals surface area contributed by atoms with Crippen molar-refractivity contribution in [3.05, 3.63) is 108 Å². The summed E-state index contributed by atoms with van der Waals surface area (Å²) in [5.41, 5.74) is 0.485. The van der Waals surface area contributed by atoms with Crippen LogP contribution < -0.4 is 0 Å². The van der Waals surface area contributed by atoms with Crippen molar-refractivity contribution in [3.8, 4) is 0 Å². The van der Waals surface area contributed by atoms with Crippen LogP contribution in [0.5, 0.6) is 0 Å². The van der Waals surface area contributed by atoms with Gasteiger partial charge in [-0.15, -0.1) is 11.8 Å². The maximum atomic E-state index is 12.9. The molecule has 186 valence electrons. The van der Waals surface area contributed by atoms with E-state index in [-0.39, 0.29) is 6.61 Å². The number of hydrogen-bond acceptors (Lipinski definition) is 8. The molecule has 1 aliphatic heterocycles. The number of rotatable bonds is 9. The monoisotopic (exact) mass is 506 g/mol. The molecule has 4 atom stereocenters. The zero-order valence-electron chi connectivity index (χ0n) is 19.6. The van der Waals surface area contributed by atoms with Crippen LogP contribution in [0.4, 0.5) is 0 Å². The van der Waals surface area contributed by atoms with Gasteiger partial charge in [0.2, 0.25) is 0 Å². The Morgan fingerprint density at radius 2 is 1.14 bits per heavy atom. The molecule has 36 heavy (non-hydrogen) atoms. The molecule has 0 aromatic heterocycles. The molecule has 1 aliphatic rings. The molecule has 1 heterocycles. The Kier molecular flexibility index (Phi) is 8.76. The predicted octanol–water partition coefficient (Wildman–Crippen LogP) is 4.77. The van der Waals surface area contributed by atoms with Crippen molar-refractivity contribution in [2.75, 3.05) is 12.4 Å². The van der Waals surface area contributed by atoms with Gasteiger partial charge in [0.25, 0.3) is 0 Å². The lowest BCUT2D eigenvalue weighted by Gasteiger charge is -2.24. The lowest BCUT2D eigenvalue weighted by molar-refractivity contribution is -0.0435. The van der Waals surface area contributed by atoms with Crippen molar-refractivity contribution in [2.24, 2.45) is 0 Å². The van der Waals surface area contributed by atoms with E-state index in [0.717, 1.165) is 0 Å². The van der Waals surface area contributed by atoms with Crippen LogP contribution in [-0.4, -0.2) is 54.0 Å². The van der Waals surface area contributed by atoms with Crippen molar-refractivity contribution < 1.29 is 33.3 Å². The summed E-state index contributed by atoms with van der Waals surface area (Å²) in [5, 5.41) is 0. The van der Waals surface area contributed by atoms with E-state index in [9.17, 15) is 14.4 Å². The highest BCUT2D eigenvalue weighted by Gasteiger charge is 2.50. The van der Waals surface area contributed by atoms with Gasteiger partial charge in [0.1, 0.15) is 18.1 Å². The maximum absolute atomic E-state index is 12.9. The highest BCUT2D eigenvalue weighted by molar-refractivity contribution is 7.99. The van der Waals surface area contributed by atoms with Gasteiger partial charge in [-0.1, -0.05) is 61.5 Å². The fourth-order valence-electron chi connectivity index (χ4n) is 3.74. The molecule has 7 nitrogen and oxygen atoms in total. The van der Waals surface area contributed by atoms with Gasteiger partial charge in [-0.25, -0.2) is 14.4 Å². The Hall–Kier alpha value is -3.62. The Balaban J connectivity index is 1.56. The summed E-state index contributed by atoms with van der Waals surface area (Å²) in [7, 11) is 0. The molecule has 0 unspecified atom stereocenters. The quantitative estimate of drug-likeness (QED) is 0.303. The Labute approximate surface area is 213 Å². The van der Waals surface area contributed by atoms with Gasteiger partial charge in [0.05, 0.1) is 16.7 Å². The Morgan fingerprint density at radius 1 is 0.694 bits per heavy atom. The molecule has 8 heteroatoms. The second kappa shape index (κ2) is 12.4. The first-order chi connectivity index (χ1) is 17.6. The largest absolute Gasteiger partial charge is 0.459 e. The molecule has 0 N–H and O–H groups in total. The zero-order chi connectivity index (χ0) is 25.3. The van der Waals surface area contributed by atoms with E-state index in [4.69, 9.17) is 18.9 Å². The minimum absolute atomic E-state index is 0.180. The molecule has 1 saturated heterocycles.